The van der Waals surface area contributed by atoms with Crippen LogP contribution in [0.2, 0.25) is 0 Å². The minimum absolute atomic E-state index is 0. The van der Waals surface area contributed by atoms with Crippen LogP contribution in [-0.2, 0) is 62.0 Å². The van der Waals surface area contributed by atoms with Crippen molar-refractivity contribution in [2.45, 2.75) is 26.7 Å². The largest absolute Gasteiger partial charge is 0.550 e. The number of esters is 5. The predicted molar refractivity (Wildman–Crippen MR) is 210 cm³/mol. The summed E-state index contributed by atoms with van der Waals surface area (Å²) < 4.78 is 28.9. The minimum Gasteiger partial charge on any atom is -0.550 e. The number of carbonyl (C=O) groups excluding carboxylic acids is 6. The standard InChI is InChI=1S/C15H26NO6.C8H17NO2.C7H12O4.C5H6O4.C2H6O2.CH3/c1-12(11-16(2,3)4)10-15(19)22-9-8-21-14(18)7-6-13(17)20-5;1-7(5-8(10)11)6-9(2,3)4;1-10-7(9)3-2-5-11-6-4-8;1-9-5(8)3-2-4(6)7;3-1-2-4;/h6-7,12H,8-11H2,1-5H3;7H,5-6H2,1-4H3;2-3,8H,4-6H2,1H3;2-3H,1H3,(H,6,7);3-4H,1-2H2;1H3/q+1;;;;;-1/b7-6+;;2*3-2+;;. The van der Waals surface area contributed by atoms with E-state index in [1.807, 2.05) is 35.0 Å². The molecular weight excluding hydrogens is 772 g/mol. The third-order valence-corrected chi connectivity index (χ3v) is 5.46. The molecule has 0 aromatic heterocycles. The van der Waals surface area contributed by atoms with E-state index in [-0.39, 0.29) is 71.3 Å². The topological polar surface area (TPSA) is 279 Å². The van der Waals surface area contributed by atoms with Crippen molar-refractivity contribution in [1.29, 1.82) is 0 Å². The normalized spacial score (nSPS) is 11.6. The molecule has 2 atom stereocenters. The van der Waals surface area contributed by atoms with Gasteiger partial charge < -0.3 is 75.1 Å². The zero-order valence-corrected chi connectivity index (χ0v) is 36.3. The summed E-state index contributed by atoms with van der Waals surface area (Å²) in [6.45, 7) is 5.93. The van der Waals surface area contributed by atoms with Crippen molar-refractivity contribution in [3.63, 3.8) is 0 Å². The summed E-state index contributed by atoms with van der Waals surface area (Å²) in [4.78, 5) is 74.0. The molecule has 0 amide bonds. The molecule has 0 aromatic carbocycles. The highest BCUT2D eigenvalue weighted by Gasteiger charge is 2.18. The fourth-order valence-corrected chi connectivity index (χ4v) is 3.81. The molecule has 4 N–H and O–H groups in total. The SMILES string of the molecule is CC(CC(=O)[O-])C[N+](C)(C)C.COC(=O)/C=C/C(=O)O.COC(=O)/C=C/C(=O)OCCOC(=O)CC(C)C[N+](C)(C)C.COC(=O)/C=C/COCCO.OCCO.[CH3-]. The molecule has 2 unspecified atom stereocenters. The Kier molecular flexibility index (Phi) is 47.0. The van der Waals surface area contributed by atoms with Crippen molar-refractivity contribution >= 4 is 41.8 Å². The van der Waals surface area contributed by atoms with Crippen LogP contribution in [0.25, 0.3) is 0 Å². The highest BCUT2D eigenvalue weighted by atomic mass is 16.6. The van der Waals surface area contributed by atoms with E-state index in [9.17, 15) is 38.7 Å². The highest BCUT2D eigenvalue weighted by Crippen LogP contribution is 2.08. The Hall–Kier alpha value is -4.73. The molecule has 340 valence electrons. The maximum atomic E-state index is 11.6. The van der Waals surface area contributed by atoms with Crippen molar-refractivity contribution in [1.82, 2.24) is 0 Å². The summed E-state index contributed by atoms with van der Waals surface area (Å²) >= 11 is 0. The van der Waals surface area contributed by atoms with E-state index in [1.165, 1.54) is 33.5 Å². The number of aliphatic hydroxyl groups is 3. The van der Waals surface area contributed by atoms with E-state index in [1.54, 1.807) is 0 Å². The number of rotatable bonds is 21. The number of quaternary nitrogens is 2. The Balaban J connectivity index is -0.000000160. The van der Waals surface area contributed by atoms with Crippen LogP contribution >= 0.6 is 0 Å². The van der Waals surface area contributed by atoms with E-state index in [0.717, 1.165) is 40.3 Å². The van der Waals surface area contributed by atoms with Crippen molar-refractivity contribution in [3.05, 3.63) is 43.9 Å². The molecule has 0 radical (unpaired) electrons. The molecule has 0 spiro atoms. The maximum Gasteiger partial charge on any atom is 0.331 e. The van der Waals surface area contributed by atoms with Gasteiger partial charge in [-0.3, -0.25) is 4.79 Å². The Morgan fingerprint density at radius 3 is 1.36 bits per heavy atom. The molecular formula is C38H70N2O18. The van der Waals surface area contributed by atoms with Crippen molar-refractivity contribution in [2.75, 3.05) is 123 Å². The zero-order valence-electron chi connectivity index (χ0n) is 36.3. The summed E-state index contributed by atoms with van der Waals surface area (Å²) in [5.74, 6) is -4.45. The van der Waals surface area contributed by atoms with Gasteiger partial charge >= 0.3 is 35.8 Å². The second-order valence-corrected chi connectivity index (χ2v) is 13.5. The fraction of sp³-hybridized carbons (Fsp3) is 0.632. The number of carboxylic acids is 2. The molecule has 0 bridgehead atoms. The monoisotopic (exact) mass is 842 g/mol. The molecule has 0 aromatic rings. The quantitative estimate of drug-likeness (QED) is 0.0268. The first kappa shape index (κ1) is 65.1. The fourth-order valence-electron chi connectivity index (χ4n) is 3.81. The minimum atomic E-state index is -1.17. The first-order valence-corrected chi connectivity index (χ1v) is 17.4. The van der Waals surface area contributed by atoms with Gasteiger partial charge in [0, 0.05) is 48.2 Å². The number of ether oxygens (including phenoxy) is 6. The Labute approximate surface area is 343 Å². The average Bonchev–Trinajstić information content (AvgIpc) is 3.09. The van der Waals surface area contributed by atoms with Crippen LogP contribution < -0.4 is 5.11 Å². The van der Waals surface area contributed by atoms with E-state index in [4.69, 9.17) is 34.6 Å². The van der Waals surface area contributed by atoms with Gasteiger partial charge in [0.15, 0.2) is 0 Å². The number of hydrogen-bond donors (Lipinski definition) is 4. The molecule has 0 heterocycles. The smallest absolute Gasteiger partial charge is 0.331 e. The lowest BCUT2D eigenvalue weighted by atomic mass is 10.1. The second kappa shape index (κ2) is 41.9. The molecule has 0 aliphatic carbocycles. The third kappa shape index (κ3) is 66.1. The predicted octanol–water partition coefficient (Wildman–Crippen LogP) is -1.05. The number of methoxy groups -OCH3 is 3. The molecule has 0 rings (SSSR count). The summed E-state index contributed by atoms with van der Waals surface area (Å²) in [7, 11) is 16.0. The number of carboxylic acid groups (broad SMARTS) is 2. The van der Waals surface area contributed by atoms with Gasteiger partial charge in [-0.25, -0.2) is 24.0 Å². The van der Waals surface area contributed by atoms with Gasteiger partial charge in [0.25, 0.3) is 0 Å². The number of hydrogen-bond acceptors (Lipinski definition) is 17. The van der Waals surface area contributed by atoms with Crippen LogP contribution in [0.1, 0.15) is 26.7 Å². The molecule has 20 nitrogen and oxygen atoms in total. The lowest BCUT2D eigenvalue weighted by Gasteiger charge is -2.27. The van der Waals surface area contributed by atoms with Gasteiger partial charge in [0.2, 0.25) is 0 Å². The Morgan fingerprint density at radius 1 is 0.586 bits per heavy atom. The van der Waals surface area contributed by atoms with Gasteiger partial charge in [0.05, 0.1) is 116 Å². The molecule has 0 aliphatic rings. The number of nitrogens with zero attached hydrogens (tertiary/aromatic N) is 2. The summed E-state index contributed by atoms with van der Waals surface area (Å²) in [5.41, 5.74) is 0. The van der Waals surface area contributed by atoms with Crippen LogP contribution in [0.5, 0.6) is 0 Å². The lowest BCUT2D eigenvalue weighted by molar-refractivity contribution is -0.873. The van der Waals surface area contributed by atoms with Gasteiger partial charge in [-0.05, 0) is 6.42 Å². The van der Waals surface area contributed by atoms with Crippen molar-refractivity contribution in [3.8, 4) is 0 Å². The Bertz CT molecular complexity index is 1200. The third-order valence-electron chi connectivity index (χ3n) is 5.46. The summed E-state index contributed by atoms with van der Waals surface area (Å²) in [5, 5.41) is 41.7. The first-order valence-electron chi connectivity index (χ1n) is 17.4. The van der Waals surface area contributed by atoms with Crippen LogP contribution in [0.3, 0.4) is 0 Å². The Morgan fingerprint density at radius 2 is 0.983 bits per heavy atom. The van der Waals surface area contributed by atoms with Gasteiger partial charge in [0.1, 0.15) is 13.2 Å². The summed E-state index contributed by atoms with van der Waals surface area (Å²) in [6, 6.07) is 0. The zero-order chi connectivity index (χ0) is 45.5. The number of carbonyl (C=O) groups is 7. The lowest BCUT2D eigenvalue weighted by Crippen LogP contribution is -2.40. The molecule has 0 saturated heterocycles. The molecule has 0 fully saturated rings. The maximum absolute atomic E-state index is 11.6. The van der Waals surface area contributed by atoms with E-state index in [2.05, 4.69) is 35.4 Å². The van der Waals surface area contributed by atoms with Crippen LogP contribution in [0.15, 0.2) is 36.5 Å². The van der Waals surface area contributed by atoms with E-state index < -0.39 is 35.8 Å². The molecule has 58 heavy (non-hydrogen) atoms. The van der Waals surface area contributed by atoms with E-state index in [0.29, 0.717) is 19.1 Å². The summed E-state index contributed by atoms with van der Waals surface area (Å²) in [6.07, 6.45) is 6.76. The molecule has 0 aliphatic heterocycles. The van der Waals surface area contributed by atoms with Crippen LogP contribution in [0, 0.1) is 19.3 Å². The van der Waals surface area contributed by atoms with E-state index >= 15 is 0 Å². The van der Waals surface area contributed by atoms with Crippen molar-refractivity contribution in [2.24, 2.45) is 11.8 Å². The molecule has 0 saturated carbocycles. The number of aliphatic hydroxyl groups excluding tert-OH is 3. The molecule has 20 heteroatoms. The van der Waals surface area contributed by atoms with Gasteiger partial charge in [-0.15, -0.1) is 0 Å². The number of aliphatic carboxylic acids is 2. The van der Waals surface area contributed by atoms with Gasteiger partial charge in [-0.2, -0.15) is 0 Å². The second-order valence-electron chi connectivity index (χ2n) is 13.5. The van der Waals surface area contributed by atoms with Crippen LogP contribution in [0.4, 0.5) is 0 Å². The van der Waals surface area contributed by atoms with Gasteiger partial charge in [-0.1, -0.05) is 19.9 Å². The average molecular weight is 843 g/mol. The van der Waals surface area contributed by atoms with Crippen LogP contribution in [-0.4, -0.2) is 194 Å². The van der Waals surface area contributed by atoms with Crippen molar-refractivity contribution < 1.29 is 96.5 Å². The highest BCUT2D eigenvalue weighted by molar-refractivity contribution is 5.91. The first-order chi connectivity index (χ1) is 26.3.